The first-order valence-corrected chi connectivity index (χ1v) is 7.56. The van der Waals surface area contributed by atoms with Crippen LogP contribution in [0.15, 0.2) is 0 Å². The van der Waals surface area contributed by atoms with Gasteiger partial charge in [-0.25, -0.2) is 8.42 Å². The topological polar surface area (TPSA) is 79.6 Å². The first kappa shape index (κ1) is 15.4. The lowest BCUT2D eigenvalue weighted by Gasteiger charge is -2.29. The molecular weight excluding hydrogens is 256 g/mol. The molecule has 0 atom stereocenters. The van der Waals surface area contributed by atoms with Gasteiger partial charge in [0.1, 0.15) is 0 Å². The van der Waals surface area contributed by atoms with E-state index in [2.05, 4.69) is 0 Å². The van der Waals surface area contributed by atoms with E-state index in [0.29, 0.717) is 39.2 Å². The molecular formula is C11H20N2O4S. The summed E-state index contributed by atoms with van der Waals surface area (Å²) in [4.78, 5) is 0. The Kier molecular flexibility index (Phi) is 6.57. The molecule has 0 bridgehead atoms. The number of hydrogen-bond acceptors (Lipinski definition) is 5. The molecule has 0 aromatic heterocycles. The van der Waals surface area contributed by atoms with E-state index in [-0.39, 0.29) is 18.2 Å². The van der Waals surface area contributed by atoms with Gasteiger partial charge in [-0.2, -0.15) is 9.57 Å². The van der Waals surface area contributed by atoms with Crippen LogP contribution in [-0.2, 0) is 19.5 Å². The molecule has 6 nitrogen and oxygen atoms in total. The summed E-state index contributed by atoms with van der Waals surface area (Å²) < 4.78 is 36.3. The molecule has 1 aliphatic heterocycles. The number of hydrogen-bond donors (Lipinski definition) is 0. The number of sulfonamides is 1. The SMILES string of the molecule is COCCN(CCC#N)S(=O)(=O)C1CCOCC1. The summed E-state index contributed by atoms with van der Waals surface area (Å²) in [6.45, 7) is 1.85. The second-order valence-electron chi connectivity index (χ2n) is 4.16. The predicted molar refractivity (Wildman–Crippen MR) is 66.4 cm³/mol. The van der Waals surface area contributed by atoms with Gasteiger partial charge in [0.05, 0.1) is 17.9 Å². The van der Waals surface area contributed by atoms with E-state index >= 15 is 0 Å². The molecule has 0 amide bonds. The summed E-state index contributed by atoms with van der Waals surface area (Å²) in [5.74, 6) is 0. The Morgan fingerprint density at radius 1 is 1.39 bits per heavy atom. The molecule has 18 heavy (non-hydrogen) atoms. The van der Waals surface area contributed by atoms with Gasteiger partial charge in [0.25, 0.3) is 0 Å². The molecule has 0 aromatic rings. The van der Waals surface area contributed by atoms with Crippen molar-refractivity contribution in [1.29, 1.82) is 5.26 Å². The minimum Gasteiger partial charge on any atom is -0.383 e. The van der Waals surface area contributed by atoms with Crippen LogP contribution < -0.4 is 0 Å². The maximum absolute atomic E-state index is 12.4. The van der Waals surface area contributed by atoms with E-state index < -0.39 is 10.0 Å². The van der Waals surface area contributed by atoms with Crippen LogP contribution in [0, 0.1) is 11.3 Å². The van der Waals surface area contributed by atoms with Crippen LogP contribution in [0.2, 0.25) is 0 Å². The molecule has 1 fully saturated rings. The lowest BCUT2D eigenvalue weighted by molar-refractivity contribution is 0.0968. The van der Waals surface area contributed by atoms with Crippen molar-refractivity contribution in [3.05, 3.63) is 0 Å². The van der Waals surface area contributed by atoms with Gasteiger partial charge < -0.3 is 9.47 Å². The van der Waals surface area contributed by atoms with Crippen LogP contribution in [-0.4, -0.2) is 58.0 Å². The van der Waals surface area contributed by atoms with Gasteiger partial charge in [0.2, 0.25) is 10.0 Å². The Morgan fingerprint density at radius 2 is 2.06 bits per heavy atom. The molecule has 0 saturated carbocycles. The summed E-state index contributed by atoms with van der Waals surface area (Å²) in [5, 5.41) is 8.21. The maximum atomic E-state index is 12.4. The number of methoxy groups -OCH3 is 1. The van der Waals surface area contributed by atoms with Gasteiger partial charge >= 0.3 is 0 Å². The highest BCUT2D eigenvalue weighted by Gasteiger charge is 2.32. The van der Waals surface area contributed by atoms with Crippen LogP contribution in [0.1, 0.15) is 19.3 Å². The van der Waals surface area contributed by atoms with Gasteiger partial charge in [-0.15, -0.1) is 0 Å². The average Bonchev–Trinajstić information content (AvgIpc) is 2.39. The molecule has 0 radical (unpaired) electrons. The van der Waals surface area contributed by atoms with Gasteiger partial charge in [0, 0.05) is 39.8 Å². The monoisotopic (exact) mass is 276 g/mol. The third-order valence-corrected chi connectivity index (χ3v) is 5.37. The lowest BCUT2D eigenvalue weighted by atomic mass is 10.2. The van der Waals surface area contributed by atoms with E-state index in [0.717, 1.165) is 0 Å². The summed E-state index contributed by atoms with van der Waals surface area (Å²) >= 11 is 0. The van der Waals surface area contributed by atoms with E-state index in [4.69, 9.17) is 14.7 Å². The van der Waals surface area contributed by atoms with Gasteiger partial charge in [-0.1, -0.05) is 0 Å². The van der Waals surface area contributed by atoms with Crippen molar-refractivity contribution in [2.75, 3.05) is 40.0 Å². The molecule has 1 saturated heterocycles. The number of nitriles is 1. The highest BCUT2D eigenvalue weighted by atomic mass is 32.2. The zero-order chi connectivity index (χ0) is 13.4. The van der Waals surface area contributed by atoms with E-state index in [9.17, 15) is 8.42 Å². The van der Waals surface area contributed by atoms with Crippen molar-refractivity contribution in [1.82, 2.24) is 4.31 Å². The lowest BCUT2D eigenvalue weighted by Crippen LogP contribution is -2.43. The van der Waals surface area contributed by atoms with E-state index in [1.165, 1.54) is 11.4 Å². The summed E-state index contributed by atoms with van der Waals surface area (Å²) in [6.07, 6.45) is 1.25. The molecule has 0 spiro atoms. The fourth-order valence-corrected chi connectivity index (χ4v) is 3.80. The zero-order valence-corrected chi connectivity index (χ0v) is 11.5. The smallest absolute Gasteiger partial charge is 0.217 e. The first-order valence-electron chi connectivity index (χ1n) is 6.05. The second kappa shape index (κ2) is 7.69. The highest BCUT2D eigenvalue weighted by molar-refractivity contribution is 7.89. The standard InChI is InChI=1S/C11H20N2O4S/c1-16-10-7-13(6-2-5-12)18(14,15)11-3-8-17-9-4-11/h11H,2-4,6-10H2,1H3. The fourth-order valence-electron chi connectivity index (χ4n) is 1.92. The highest BCUT2D eigenvalue weighted by Crippen LogP contribution is 2.19. The Morgan fingerprint density at radius 3 is 2.61 bits per heavy atom. The molecule has 0 aliphatic carbocycles. The van der Waals surface area contributed by atoms with Crippen LogP contribution >= 0.6 is 0 Å². The normalized spacial score (nSPS) is 17.8. The molecule has 1 heterocycles. The van der Waals surface area contributed by atoms with Crippen molar-refractivity contribution >= 4 is 10.0 Å². The third-order valence-electron chi connectivity index (χ3n) is 2.97. The Labute approximate surface area is 109 Å². The summed E-state index contributed by atoms with van der Waals surface area (Å²) in [5.41, 5.74) is 0. The molecule has 0 unspecified atom stereocenters. The fraction of sp³-hybridized carbons (Fsp3) is 0.909. The first-order chi connectivity index (χ1) is 8.62. The quantitative estimate of drug-likeness (QED) is 0.670. The average molecular weight is 276 g/mol. The van der Waals surface area contributed by atoms with Crippen molar-refractivity contribution in [2.24, 2.45) is 0 Å². The molecule has 1 aliphatic rings. The Balaban J connectivity index is 2.70. The molecule has 1 rings (SSSR count). The zero-order valence-electron chi connectivity index (χ0n) is 10.7. The van der Waals surface area contributed by atoms with Crippen LogP contribution in [0.4, 0.5) is 0 Å². The maximum Gasteiger partial charge on any atom is 0.217 e. The van der Waals surface area contributed by atoms with Gasteiger partial charge in [-0.3, -0.25) is 0 Å². The Bertz CT molecular complexity index is 371. The minimum absolute atomic E-state index is 0.201. The van der Waals surface area contributed by atoms with Gasteiger partial charge in [0.15, 0.2) is 0 Å². The number of rotatable bonds is 7. The van der Waals surface area contributed by atoms with E-state index in [1.807, 2.05) is 6.07 Å². The van der Waals surface area contributed by atoms with E-state index in [1.54, 1.807) is 0 Å². The summed E-state index contributed by atoms with van der Waals surface area (Å²) in [6, 6.07) is 1.98. The summed E-state index contributed by atoms with van der Waals surface area (Å²) in [7, 11) is -1.82. The van der Waals surface area contributed by atoms with Crippen molar-refractivity contribution in [3.63, 3.8) is 0 Å². The Hall–Kier alpha value is -0.680. The van der Waals surface area contributed by atoms with Crippen LogP contribution in [0.5, 0.6) is 0 Å². The van der Waals surface area contributed by atoms with Crippen molar-refractivity contribution < 1.29 is 17.9 Å². The molecule has 0 aromatic carbocycles. The van der Waals surface area contributed by atoms with Crippen LogP contribution in [0.25, 0.3) is 0 Å². The van der Waals surface area contributed by atoms with Crippen LogP contribution in [0.3, 0.4) is 0 Å². The van der Waals surface area contributed by atoms with Crippen molar-refractivity contribution in [3.8, 4) is 6.07 Å². The van der Waals surface area contributed by atoms with Crippen molar-refractivity contribution in [2.45, 2.75) is 24.5 Å². The predicted octanol–water partition coefficient (Wildman–Crippen LogP) is 0.357. The number of ether oxygens (including phenoxy) is 2. The molecule has 0 N–H and O–H groups in total. The number of nitrogens with zero attached hydrogens (tertiary/aromatic N) is 2. The largest absolute Gasteiger partial charge is 0.383 e. The second-order valence-corrected chi connectivity index (χ2v) is 6.37. The van der Waals surface area contributed by atoms with Gasteiger partial charge in [-0.05, 0) is 12.8 Å². The molecule has 104 valence electrons. The minimum atomic E-state index is -3.35. The molecule has 7 heteroatoms. The third kappa shape index (κ3) is 4.21.